The minimum atomic E-state index is -0.361. The van der Waals surface area contributed by atoms with Gasteiger partial charge < -0.3 is 0 Å². The molecule has 0 spiro atoms. The van der Waals surface area contributed by atoms with Crippen molar-refractivity contribution in [3.8, 4) is 0 Å². The fourth-order valence-corrected chi connectivity index (χ4v) is 18.0. The second-order valence-corrected chi connectivity index (χ2v) is 14.9. The molecular weight excluding hydrogens is 168 g/mol. The molecule has 0 fully saturated rings. The molecule has 0 atom stereocenters. The monoisotopic (exact) mass is 189 g/mol. The second kappa shape index (κ2) is 4.51. The van der Waals surface area contributed by atoms with Crippen molar-refractivity contribution >= 4 is 26.4 Å². The molecule has 0 rings (SSSR count). The maximum absolute atomic E-state index is 2.50. The van der Waals surface area contributed by atoms with E-state index in [1.54, 1.807) is 0 Å². The third kappa shape index (κ3) is 3.16. The maximum atomic E-state index is 2.50. The molecule has 0 aliphatic carbocycles. The summed E-state index contributed by atoms with van der Waals surface area (Å²) >= 11 is 0. The molecule has 3 heteroatoms. The van der Waals surface area contributed by atoms with Gasteiger partial charge in [0.15, 0.2) is 0 Å². The van der Waals surface area contributed by atoms with Crippen LogP contribution in [-0.4, -0.2) is 26.4 Å². The molecule has 0 aliphatic rings. The summed E-state index contributed by atoms with van der Waals surface area (Å²) in [5.74, 6) is 0. The molecule has 0 bridgehead atoms. The number of hydrogen-bond acceptors (Lipinski definition) is 0. The first-order chi connectivity index (χ1) is 4.46. The second-order valence-electron chi connectivity index (χ2n) is 3.96. The summed E-state index contributed by atoms with van der Waals surface area (Å²) in [7, 11) is -1.08. The zero-order chi connectivity index (χ0) is 8.31. The summed E-state index contributed by atoms with van der Waals surface area (Å²) in [6.45, 7) is 15.0. The van der Waals surface area contributed by atoms with Gasteiger partial charge in [-0.15, -0.1) is 0 Å². The van der Waals surface area contributed by atoms with E-state index in [9.17, 15) is 0 Å². The summed E-state index contributed by atoms with van der Waals surface area (Å²) < 4.78 is 0. The van der Waals surface area contributed by atoms with Crippen LogP contribution in [0.3, 0.4) is 0 Å². The fraction of sp³-hybridized carbons (Fsp3) is 0.857. The van der Waals surface area contributed by atoms with Gasteiger partial charge in [-0.25, -0.2) is 0 Å². The maximum Gasteiger partial charge on any atom is 0.0306 e. The Morgan fingerprint density at radius 2 is 0.800 bits per heavy atom. The van der Waals surface area contributed by atoms with Crippen LogP contribution in [0.1, 0.15) is 0 Å². The molecule has 0 nitrogen and oxygen atoms in total. The van der Waals surface area contributed by atoms with E-state index in [1.165, 1.54) is 0 Å². The van der Waals surface area contributed by atoms with Gasteiger partial charge >= 0.3 is 0 Å². The predicted molar refractivity (Wildman–Crippen MR) is 59.9 cm³/mol. The summed E-state index contributed by atoms with van der Waals surface area (Å²) in [4.78, 5) is 2.11. The molecule has 0 aromatic heterocycles. The van der Waals surface area contributed by atoms with Crippen LogP contribution in [0.2, 0.25) is 39.3 Å². The Labute approximate surface area is 70.9 Å². The zero-order valence-electron chi connectivity index (χ0n) is 8.23. The minimum Gasteiger partial charge on any atom is -0.0722 e. The Morgan fingerprint density at radius 1 is 0.600 bits per heavy atom. The third-order valence-corrected chi connectivity index (χ3v) is 18.0. The van der Waals surface area contributed by atoms with Gasteiger partial charge in [-0.1, -0.05) is 44.1 Å². The largest absolute Gasteiger partial charge is 0.0722 e. The van der Waals surface area contributed by atoms with Crippen LogP contribution in [0.4, 0.5) is 0 Å². The van der Waals surface area contributed by atoms with Crippen LogP contribution in [0, 0.1) is 4.79 Å². The fourth-order valence-electron chi connectivity index (χ4n) is 2.00. The predicted octanol–water partition coefficient (Wildman–Crippen LogP) is 1.64. The average molecular weight is 190 g/mol. The molecule has 0 saturated carbocycles. The lowest BCUT2D eigenvalue weighted by molar-refractivity contribution is 1.72. The van der Waals surface area contributed by atoms with Gasteiger partial charge in [0.25, 0.3) is 0 Å². The zero-order valence-corrected chi connectivity index (χ0v) is 11.7. The van der Waals surface area contributed by atoms with Gasteiger partial charge in [0.05, 0.1) is 0 Å². The Balaban J connectivity index is 3.98. The van der Waals surface area contributed by atoms with E-state index in [0.29, 0.717) is 0 Å². The van der Waals surface area contributed by atoms with Crippen molar-refractivity contribution in [2.24, 2.45) is 0 Å². The Morgan fingerprint density at radius 3 is 0.800 bits per heavy atom. The van der Waals surface area contributed by atoms with E-state index in [-0.39, 0.29) is 26.4 Å². The molecule has 0 aromatic carbocycles. The SMILES string of the molecule is C[SiH](C)[C]([SiH](C)C)[SiH](C)C. The minimum absolute atomic E-state index is 0.361. The van der Waals surface area contributed by atoms with Crippen molar-refractivity contribution < 1.29 is 0 Å². The van der Waals surface area contributed by atoms with Crippen LogP contribution >= 0.6 is 0 Å². The lowest BCUT2D eigenvalue weighted by Gasteiger charge is -2.25. The molecule has 10 heavy (non-hydrogen) atoms. The third-order valence-electron chi connectivity index (χ3n) is 2.00. The molecule has 0 amide bonds. The molecule has 0 N–H and O–H groups in total. The van der Waals surface area contributed by atoms with Crippen molar-refractivity contribution in [3.63, 3.8) is 0 Å². The first kappa shape index (κ1) is 10.7. The van der Waals surface area contributed by atoms with Crippen LogP contribution in [-0.2, 0) is 0 Å². The highest BCUT2D eigenvalue weighted by atomic mass is 28.4. The molecule has 0 saturated heterocycles. The summed E-state index contributed by atoms with van der Waals surface area (Å²) in [6, 6.07) is 0. The van der Waals surface area contributed by atoms with E-state index in [0.717, 1.165) is 0 Å². The first-order valence-electron chi connectivity index (χ1n) is 4.33. The molecule has 0 unspecified atom stereocenters. The highest BCUT2D eigenvalue weighted by Gasteiger charge is 2.23. The Bertz CT molecular complexity index is 69.8. The van der Waals surface area contributed by atoms with Gasteiger partial charge in [0.2, 0.25) is 0 Å². The summed E-state index contributed by atoms with van der Waals surface area (Å²) in [6.07, 6.45) is 0. The van der Waals surface area contributed by atoms with Crippen molar-refractivity contribution in [1.29, 1.82) is 0 Å². The van der Waals surface area contributed by atoms with Gasteiger partial charge in [0.1, 0.15) is 0 Å². The van der Waals surface area contributed by atoms with E-state index >= 15 is 0 Å². The lowest BCUT2D eigenvalue weighted by Crippen LogP contribution is -2.37. The smallest absolute Gasteiger partial charge is 0.0306 e. The van der Waals surface area contributed by atoms with Crippen molar-refractivity contribution in [2.45, 2.75) is 39.3 Å². The average Bonchev–Trinajstić information content (AvgIpc) is 1.59. The summed E-state index contributed by atoms with van der Waals surface area (Å²) in [5.41, 5.74) is 0. The van der Waals surface area contributed by atoms with E-state index in [2.05, 4.69) is 44.1 Å². The molecular formula is C7H21Si3. The van der Waals surface area contributed by atoms with Gasteiger partial charge in [-0.05, 0) is 0 Å². The van der Waals surface area contributed by atoms with Crippen LogP contribution in [0.15, 0.2) is 0 Å². The molecule has 0 aliphatic heterocycles. The normalized spacial score (nSPS) is 12.6. The van der Waals surface area contributed by atoms with Crippen LogP contribution < -0.4 is 0 Å². The van der Waals surface area contributed by atoms with Crippen LogP contribution in [0.25, 0.3) is 0 Å². The van der Waals surface area contributed by atoms with Crippen LogP contribution in [0.5, 0.6) is 0 Å². The van der Waals surface area contributed by atoms with E-state index < -0.39 is 0 Å². The van der Waals surface area contributed by atoms with Crippen molar-refractivity contribution in [3.05, 3.63) is 4.79 Å². The van der Waals surface area contributed by atoms with Gasteiger partial charge in [-0.2, -0.15) is 0 Å². The quantitative estimate of drug-likeness (QED) is 0.592. The molecule has 0 aromatic rings. The standard InChI is InChI=1S/C7H21Si3/c1-8(2)7(9(3)4)10(5)6/h8-10H,1-6H3. The summed E-state index contributed by atoms with van der Waals surface area (Å²) in [5, 5.41) is 0. The Hall–Kier alpha value is 0.651. The van der Waals surface area contributed by atoms with Crippen molar-refractivity contribution in [2.75, 3.05) is 0 Å². The number of rotatable bonds is 3. The lowest BCUT2D eigenvalue weighted by atomic mass is 11.7. The topological polar surface area (TPSA) is 0 Å². The van der Waals surface area contributed by atoms with E-state index in [4.69, 9.17) is 0 Å². The van der Waals surface area contributed by atoms with Gasteiger partial charge in [-0.3, -0.25) is 0 Å². The van der Waals surface area contributed by atoms with E-state index in [1.807, 2.05) is 0 Å². The molecule has 0 heterocycles. The first-order valence-corrected chi connectivity index (χ1v) is 13.0. The van der Waals surface area contributed by atoms with Gasteiger partial charge in [0, 0.05) is 26.4 Å². The van der Waals surface area contributed by atoms with Crippen molar-refractivity contribution in [1.82, 2.24) is 0 Å². The molecule has 61 valence electrons. The highest BCUT2D eigenvalue weighted by molar-refractivity contribution is 7.02. The molecule has 1 radical (unpaired) electrons. The highest BCUT2D eigenvalue weighted by Crippen LogP contribution is 2.13. The number of hydrogen-bond donors (Lipinski definition) is 0. The Kier molecular flexibility index (Phi) is 4.81.